The highest BCUT2D eigenvalue weighted by Crippen LogP contribution is 2.26. The monoisotopic (exact) mass is 398 g/mol. The van der Waals surface area contributed by atoms with Gasteiger partial charge in [-0.25, -0.2) is 4.99 Å². The molecule has 7 nitrogen and oxygen atoms in total. The lowest BCUT2D eigenvalue weighted by Gasteiger charge is -2.14. The van der Waals surface area contributed by atoms with Gasteiger partial charge in [0.15, 0.2) is 11.8 Å². The van der Waals surface area contributed by atoms with Crippen LogP contribution in [0.25, 0.3) is 0 Å². The number of para-hydroxylation sites is 1. The summed E-state index contributed by atoms with van der Waals surface area (Å²) in [5.74, 6) is 1.74. The van der Waals surface area contributed by atoms with E-state index in [1.54, 1.807) is 12.1 Å². The number of halogens is 3. The van der Waals surface area contributed by atoms with Crippen molar-refractivity contribution in [2.24, 2.45) is 12.0 Å². The summed E-state index contributed by atoms with van der Waals surface area (Å²) in [7, 11) is 1.86. The standard InChI is InChI=1S/C18H25F3N6O/c1-4-5-10-22-17(24-12-16-26-25-13(2)27(16)3)23-11-14-8-6-7-9-15(14)28-18(19,20)21/h6-9H,4-5,10-12H2,1-3H3,(H2,22,23,24). The van der Waals surface area contributed by atoms with Crippen LogP contribution in [0.2, 0.25) is 0 Å². The fourth-order valence-electron chi connectivity index (χ4n) is 2.35. The Morgan fingerprint density at radius 1 is 1.21 bits per heavy atom. The minimum Gasteiger partial charge on any atom is -0.405 e. The largest absolute Gasteiger partial charge is 0.573 e. The predicted molar refractivity (Wildman–Crippen MR) is 99.8 cm³/mol. The molecule has 0 unspecified atom stereocenters. The van der Waals surface area contributed by atoms with Crippen LogP contribution in [0, 0.1) is 6.92 Å². The molecule has 1 heterocycles. The van der Waals surface area contributed by atoms with Gasteiger partial charge in [0.25, 0.3) is 0 Å². The number of aliphatic imine (C=N–C) groups is 1. The molecule has 2 rings (SSSR count). The number of rotatable bonds is 8. The van der Waals surface area contributed by atoms with Gasteiger partial charge < -0.3 is 19.9 Å². The fourth-order valence-corrected chi connectivity index (χ4v) is 2.35. The summed E-state index contributed by atoms with van der Waals surface area (Å²) < 4.78 is 43.7. The Morgan fingerprint density at radius 3 is 2.61 bits per heavy atom. The molecule has 28 heavy (non-hydrogen) atoms. The second-order valence-corrected chi connectivity index (χ2v) is 6.18. The van der Waals surface area contributed by atoms with Crippen molar-refractivity contribution in [3.63, 3.8) is 0 Å². The Kier molecular flexibility index (Phi) is 7.65. The summed E-state index contributed by atoms with van der Waals surface area (Å²) in [6.07, 6.45) is -2.80. The third-order valence-corrected chi connectivity index (χ3v) is 4.03. The molecule has 0 atom stereocenters. The van der Waals surface area contributed by atoms with E-state index in [0.717, 1.165) is 24.5 Å². The zero-order valence-electron chi connectivity index (χ0n) is 16.2. The molecule has 0 radical (unpaired) electrons. The molecule has 0 aliphatic carbocycles. The van der Waals surface area contributed by atoms with Gasteiger partial charge in [0.2, 0.25) is 0 Å². The van der Waals surface area contributed by atoms with Crippen LogP contribution in [0.3, 0.4) is 0 Å². The first-order valence-corrected chi connectivity index (χ1v) is 9.01. The van der Waals surface area contributed by atoms with Crippen LogP contribution >= 0.6 is 0 Å². The molecule has 2 N–H and O–H groups in total. The molecule has 1 aromatic carbocycles. The molecule has 1 aromatic heterocycles. The van der Waals surface area contributed by atoms with E-state index < -0.39 is 6.36 Å². The maximum atomic E-state index is 12.6. The summed E-state index contributed by atoms with van der Waals surface area (Å²) in [4.78, 5) is 4.40. The molecule has 10 heteroatoms. The third-order valence-electron chi connectivity index (χ3n) is 4.03. The lowest BCUT2D eigenvalue weighted by Crippen LogP contribution is -2.38. The average Bonchev–Trinajstić information content (AvgIpc) is 2.95. The van der Waals surface area contributed by atoms with E-state index in [4.69, 9.17) is 0 Å². The van der Waals surface area contributed by atoms with Gasteiger partial charge in [-0.15, -0.1) is 23.4 Å². The van der Waals surface area contributed by atoms with Crippen LogP contribution in [-0.2, 0) is 20.1 Å². The molecule has 0 bridgehead atoms. The fraction of sp³-hybridized carbons (Fsp3) is 0.500. The van der Waals surface area contributed by atoms with Crippen LogP contribution in [-0.4, -0.2) is 33.6 Å². The second-order valence-electron chi connectivity index (χ2n) is 6.18. The first kappa shape index (κ1) is 21.5. The quantitative estimate of drug-likeness (QED) is 0.406. The van der Waals surface area contributed by atoms with Crippen LogP contribution < -0.4 is 15.4 Å². The van der Waals surface area contributed by atoms with Crippen LogP contribution in [0.1, 0.15) is 37.0 Å². The average molecular weight is 398 g/mol. The first-order valence-electron chi connectivity index (χ1n) is 9.01. The molecular formula is C18H25F3N6O. The van der Waals surface area contributed by atoms with Gasteiger partial charge in [-0.2, -0.15) is 0 Å². The molecule has 0 fully saturated rings. The number of hydrogen-bond donors (Lipinski definition) is 2. The van der Waals surface area contributed by atoms with Gasteiger partial charge in [-0.05, 0) is 19.4 Å². The summed E-state index contributed by atoms with van der Waals surface area (Å²) in [5, 5.41) is 14.4. The zero-order chi connectivity index (χ0) is 20.6. The highest BCUT2D eigenvalue weighted by Gasteiger charge is 2.31. The molecule has 154 valence electrons. The van der Waals surface area contributed by atoms with Crippen molar-refractivity contribution in [1.82, 2.24) is 25.4 Å². The molecule has 0 spiro atoms. The van der Waals surface area contributed by atoms with E-state index in [9.17, 15) is 13.2 Å². The molecule has 0 saturated carbocycles. The Morgan fingerprint density at radius 2 is 1.96 bits per heavy atom. The number of hydrogen-bond acceptors (Lipinski definition) is 4. The minimum absolute atomic E-state index is 0.0333. The van der Waals surface area contributed by atoms with Gasteiger partial charge in [-0.3, -0.25) is 0 Å². The van der Waals surface area contributed by atoms with Gasteiger partial charge in [0, 0.05) is 19.2 Å². The number of guanidine groups is 1. The number of ether oxygens (including phenoxy) is 1. The second kappa shape index (κ2) is 9.95. The number of aryl methyl sites for hydroxylation is 1. The highest BCUT2D eigenvalue weighted by molar-refractivity contribution is 5.79. The molecular weight excluding hydrogens is 373 g/mol. The smallest absolute Gasteiger partial charge is 0.405 e. The molecule has 0 saturated heterocycles. The van der Waals surface area contributed by atoms with Gasteiger partial charge in [0.1, 0.15) is 11.6 Å². The topological polar surface area (TPSA) is 76.4 Å². The molecule has 2 aromatic rings. The first-order chi connectivity index (χ1) is 13.3. The number of aromatic nitrogens is 3. The van der Waals surface area contributed by atoms with Gasteiger partial charge >= 0.3 is 6.36 Å². The van der Waals surface area contributed by atoms with Crippen molar-refractivity contribution < 1.29 is 17.9 Å². The summed E-state index contributed by atoms with van der Waals surface area (Å²) in [5.41, 5.74) is 0.339. The van der Waals surface area contributed by atoms with E-state index in [1.165, 1.54) is 12.1 Å². The normalized spacial score (nSPS) is 12.1. The van der Waals surface area contributed by atoms with E-state index in [0.29, 0.717) is 24.6 Å². The molecule has 0 aliphatic heterocycles. The van der Waals surface area contributed by atoms with Crippen LogP contribution in [0.5, 0.6) is 5.75 Å². The van der Waals surface area contributed by atoms with Gasteiger partial charge in [-0.1, -0.05) is 31.5 Å². The van der Waals surface area contributed by atoms with Gasteiger partial charge in [0.05, 0.1) is 13.1 Å². The Labute approximate surface area is 162 Å². The van der Waals surface area contributed by atoms with E-state index in [-0.39, 0.29) is 12.3 Å². The van der Waals surface area contributed by atoms with Crippen LogP contribution in [0.4, 0.5) is 13.2 Å². The van der Waals surface area contributed by atoms with Crippen molar-refractivity contribution in [3.8, 4) is 5.75 Å². The van der Waals surface area contributed by atoms with Crippen molar-refractivity contribution >= 4 is 5.96 Å². The Hall–Kier alpha value is -2.78. The van der Waals surface area contributed by atoms with E-state index in [2.05, 4.69) is 37.5 Å². The van der Waals surface area contributed by atoms with Crippen molar-refractivity contribution in [2.75, 3.05) is 6.54 Å². The van der Waals surface area contributed by atoms with Crippen molar-refractivity contribution in [2.45, 2.75) is 46.1 Å². The number of nitrogens with one attached hydrogen (secondary N) is 2. The highest BCUT2D eigenvalue weighted by atomic mass is 19.4. The Balaban J connectivity index is 2.10. The van der Waals surface area contributed by atoms with E-state index >= 15 is 0 Å². The summed E-state index contributed by atoms with van der Waals surface area (Å²) in [6, 6.07) is 5.97. The maximum absolute atomic E-state index is 12.6. The third kappa shape index (κ3) is 6.75. The number of nitrogens with zero attached hydrogens (tertiary/aromatic N) is 4. The van der Waals surface area contributed by atoms with Crippen molar-refractivity contribution in [1.29, 1.82) is 0 Å². The number of alkyl halides is 3. The summed E-state index contributed by atoms with van der Waals surface area (Å²) >= 11 is 0. The zero-order valence-corrected chi connectivity index (χ0v) is 16.2. The maximum Gasteiger partial charge on any atom is 0.573 e. The van der Waals surface area contributed by atoms with Crippen molar-refractivity contribution in [3.05, 3.63) is 41.5 Å². The number of benzene rings is 1. The van der Waals surface area contributed by atoms with E-state index in [1.807, 2.05) is 18.5 Å². The Bertz CT molecular complexity index is 788. The van der Waals surface area contributed by atoms with Crippen LogP contribution in [0.15, 0.2) is 29.3 Å². The summed E-state index contributed by atoms with van der Waals surface area (Å²) in [6.45, 7) is 5.03. The molecule has 0 aliphatic rings. The minimum atomic E-state index is -4.75. The predicted octanol–water partition coefficient (Wildman–Crippen LogP) is 3.06. The molecule has 0 amide bonds. The number of unbranched alkanes of at least 4 members (excludes halogenated alkanes) is 1. The SMILES string of the molecule is CCCCNC(=NCc1ccccc1OC(F)(F)F)NCc1nnc(C)n1C. The lowest BCUT2D eigenvalue weighted by molar-refractivity contribution is -0.274. The lowest BCUT2D eigenvalue weighted by atomic mass is 10.2.